The number of amides is 1. The number of aliphatic imine (C=N–C) groups is 1. The quantitative estimate of drug-likeness (QED) is 0.330. The molecule has 26 heavy (non-hydrogen) atoms. The van der Waals surface area contributed by atoms with Crippen LogP contribution in [0.5, 0.6) is 0 Å². The first-order valence-corrected chi connectivity index (χ1v) is 8.48. The first-order chi connectivity index (χ1) is 12.0. The highest BCUT2D eigenvalue weighted by Gasteiger charge is 2.27. The second-order valence-corrected chi connectivity index (χ2v) is 5.92. The van der Waals surface area contributed by atoms with E-state index in [4.69, 9.17) is 0 Å². The maximum atomic E-state index is 13.9. The SMILES string of the molecule is CCCNC(=O)CNC(=NC)NC1CCN(c2c(F)cccc2F)C1.I. The van der Waals surface area contributed by atoms with Gasteiger partial charge < -0.3 is 20.9 Å². The van der Waals surface area contributed by atoms with E-state index < -0.39 is 11.6 Å². The van der Waals surface area contributed by atoms with Gasteiger partial charge in [-0.1, -0.05) is 13.0 Å². The van der Waals surface area contributed by atoms with Gasteiger partial charge in [-0.05, 0) is 25.0 Å². The van der Waals surface area contributed by atoms with Crippen molar-refractivity contribution in [1.29, 1.82) is 0 Å². The van der Waals surface area contributed by atoms with E-state index in [9.17, 15) is 13.6 Å². The summed E-state index contributed by atoms with van der Waals surface area (Å²) in [4.78, 5) is 17.4. The lowest BCUT2D eigenvalue weighted by Gasteiger charge is -2.21. The lowest BCUT2D eigenvalue weighted by atomic mass is 10.2. The van der Waals surface area contributed by atoms with Crippen LogP contribution in [0.2, 0.25) is 0 Å². The molecule has 1 fully saturated rings. The zero-order chi connectivity index (χ0) is 18.2. The summed E-state index contributed by atoms with van der Waals surface area (Å²) in [5.74, 6) is -0.731. The maximum absolute atomic E-state index is 13.9. The van der Waals surface area contributed by atoms with Gasteiger partial charge >= 0.3 is 0 Å². The van der Waals surface area contributed by atoms with Crippen molar-refractivity contribution in [3.63, 3.8) is 0 Å². The van der Waals surface area contributed by atoms with Gasteiger partial charge in [0.25, 0.3) is 0 Å². The fourth-order valence-electron chi connectivity index (χ4n) is 2.75. The highest BCUT2D eigenvalue weighted by atomic mass is 127. The Morgan fingerprint density at radius 3 is 2.62 bits per heavy atom. The Bertz CT molecular complexity index is 609. The second kappa shape index (κ2) is 11.1. The monoisotopic (exact) mass is 481 g/mol. The summed E-state index contributed by atoms with van der Waals surface area (Å²) < 4.78 is 27.8. The third-order valence-electron chi connectivity index (χ3n) is 4.00. The number of halogens is 3. The molecule has 1 heterocycles. The number of carbonyl (C=O) groups is 1. The van der Waals surface area contributed by atoms with Crippen LogP contribution in [0.3, 0.4) is 0 Å². The van der Waals surface area contributed by atoms with E-state index >= 15 is 0 Å². The Morgan fingerprint density at radius 2 is 2.00 bits per heavy atom. The Hall–Kier alpha value is -1.65. The average Bonchev–Trinajstić information content (AvgIpc) is 3.04. The van der Waals surface area contributed by atoms with Gasteiger partial charge in [-0.3, -0.25) is 9.79 Å². The molecule has 1 aromatic rings. The molecule has 0 aromatic heterocycles. The van der Waals surface area contributed by atoms with E-state index in [0.29, 0.717) is 25.6 Å². The number of anilines is 1. The number of nitrogens with one attached hydrogen (secondary N) is 3. The van der Waals surface area contributed by atoms with Crippen LogP contribution in [0.25, 0.3) is 0 Å². The zero-order valence-electron chi connectivity index (χ0n) is 15.0. The average molecular weight is 481 g/mol. The molecule has 3 N–H and O–H groups in total. The van der Waals surface area contributed by atoms with Crippen molar-refractivity contribution in [3.8, 4) is 0 Å². The van der Waals surface area contributed by atoms with Crippen LogP contribution in [0.4, 0.5) is 14.5 Å². The van der Waals surface area contributed by atoms with Crippen LogP contribution in [-0.4, -0.2) is 51.1 Å². The number of para-hydroxylation sites is 1. The van der Waals surface area contributed by atoms with Crippen molar-refractivity contribution in [2.45, 2.75) is 25.8 Å². The molecule has 9 heteroatoms. The number of hydrogen-bond acceptors (Lipinski definition) is 3. The molecule has 1 aliphatic heterocycles. The highest BCUT2D eigenvalue weighted by Crippen LogP contribution is 2.26. The number of benzene rings is 1. The molecule has 1 atom stereocenters. The van der Waals surface area contributed by atoms with E-state index in [1.807, 2.05) is 6.92 Å². The fraction of sp³-hybridized carbons (Fsp3) is 0.529. The van der Waals surface area contributed by atoms with Crippen molar-refractivity contribution in [3.05, 3.63) is 29.8 Å². The largest absolute Gasteiger partial charge is 0.365 e. The van der Waals surface area contributed by atoms with Gasteiger partial charge in [0.15, 0.2) is 5.96 Å². The molecule has 1 aromatic carbocycles. The predicted molar refractivity (Wildman–Crippen MR) is 110 cm³/mol. The first kappa shape index (κ1) is 22.4. The maximum Gasteiger partial charge on any atom is 0.239 e. The van der Waals surface area contributed by atoms with E-state index in [0.717, 1.165) is 12.8 Å². The molecule has 146 valence electrons. The predicted octanol–water partition coefficient (Wildman–Crippen LogP) is 1.85. The van der Waals surface area contributed by atoms with Crippen LogP contribution in [0.15, 0.2) is 23.2 Å². The van der Waals surface area contributed by atoms with Crippen LogP contribution in [0, 0.1) is 11.6 Å². The minimum absolute atomic E-state index is 0. The Balaban J connectivity index is 0.00000338. The molecule has 0 radical (unpaired) electrons. The van der Waals surface area contributed by atoms with Crippen LogP contribution >= 0.6 is 24.0 Å². The fourth-order valence-corrected chi connectivity index (χ4v) is 2.75. The van der Waals surface area contributed by atoms with Gasteiger partial charge in [0.1, 0.15) is 17.3 Å². The van der Waals surface area contributed by atoms with Gasteiger partial charge in [-0.25, -0.2) is 8.78 Å². The molecule has 0 spiro atoms. The van der Waals surface area contributed by atoms with Gasteiger partial charge in [-0.15, -0.1) is 24.0 Å². The molecule has 1 aliphatic rings. The zero-order valence-corrected chi connectivity index (χ0v) is 17.3. The smallest absolute Gasteiger partial charge is 0.239 e. The number of guanidine groups is 1. The first-order valence-electron chi connectivity index (χ1n) is 8.48. The van der Waals surface area contributed by atoms with Crippen molar-refractivity contribution < 1.29 is 13.6 Å². The third-order valence-corrected chi connectivity index (χ3v) is 4.00. The van der Waals surface area contributed by atoms with E-state index in [-0.39, 0.29) is 48.2 Å². The van der Waals surface area contributed by atoms with Crippen molar-refractivity contribution >= 4 is 41.5 Å². The molecule has 6 nitrogen and oxygen atoms in total. The summed E-state index contributed by atoms with van der Waals surface area (Å²) in [6, 6.07) is 3.86. The summed E-state index contributed by atoms with van der Waals surface area (Å²) in [6.07, 6.45) is 1.60. The Kier molecular flexibility index (Phi) is 9.60. The summed E-state index contributed by atoms with van der Waals surface area (Å²) in [5.41, 5.74) is 0.00805. The summed E-state index contributed by atoms with van der Waals surface area (Å²) in [6.45, 7) is 3.75. The number of hydrogen-bond donors (Lipinski definition) is 3. The molecular weight excluding hydrogens is 455 g/mol. The molecule has 0 aliphatic carbocycles. The summed E-state index contributed by atoms with van der Waals surface area (Å²) in [5, 5.41) is 8.90. The Morgan fingerprint density at radius 1 is 1.31 bits per heavy atom. The topological polar surface area (TPSA) is 68.8 Å². The molecule has 2 rings (SSSR count). The van der Waals surface area contributed by atoms with Gasteiger partial charge in [-0.2, -0.15) is 0 Å². The van der Waals surface area contributed by atoms with Crippen molar-refractivity contribution in [1.82, 2.24) is 16.0 Å². The summed E-state index contributed by atoms with van der Waals surface area (Å²) in [7, 11) is 1.61. The molecule has 1 amide bonds. The van der Waals surface area contributed by atoms with Crippen LogP contribution in [0.1, 0.15) is 19.8 Å². The molecule has 1 unspecified atom stereocenters. The third kappa shape index (κ3) is 6.26. The van der Waals surface area contributed by atoms with Crippen LogP contribution in [-0.2, 0) is 4.79 Å². The van der Waals surface area contributed by atoms with Gasteiger partial charge in [0, 0.05) is 32.7 Å². The molecular formula is C17H26F2IN5O. The van der Waals surface area contributed by atoms with E-state index in [1.54, 1.807) is 11.9 Å². The highest BCUT2D eigenvalue weighted by molar-refractivity contribution is 14.0. The normalized spacial score (nSPS) is 16.8. The minimum atomic E-state index is -0.559. The molecule has 1 saturated heterocycles. The minimum Gasteiger partial charge on any atom is -0.365 e. The van der Waals surface area contributed by atoms with Gasteiger partial charge in [0.05, 0.1) is 6.54 Å². The lowest BCUT2D eigenvalue weighted by molar-refractivity contribution is -0.120. The van der Waals surface area contributed by atoms with Crippen LogP contribution < -0.4 is 20.9 Å². The number of nitrogens with zero attached hydrogens (tertiary/aromatic N) is 2. The number of rotatable bonds is 6. The standard InChI is InChI=1S/C17H25F2N5O.HI/c1-3-8-21-15(25)10-22-17(20-2)23-12-7-9-24(11-12)16-13(18)5-4-6-14(16)19;/h4-6,12H,3,7-11H2,1-2H3,(H,21,25)(H2,20,22,23);1H. The van der Waals surface area contributed by atoms with Crippen molar-refractivity contribution in [2.24, 2.45) is 4.99 Å². The Labute approximate surface area is 169 Å². The van der Waals surface area contributed by atoms with E-state index in [1.165, 1.54) is 18.2 Å². The van der Waals surface area contributed by atoms with Gasteiger partial charge in [0.2, 0.25) is 5.91 Å². The number of carbonyl (C=O) groups excluding carboxylic acids is 1. The lowest BCUT2D eigenvalue weighted by Crippen LogP contribution is -2.47. The van der Waals surface area contributed by atoms with Crippen molar-refractivity contribution in [2.75, 3.05) is 38.1 Å². The second-order valence-electron chi connectivity index (χ2n) is 5.92. The summed E-state index contributed by atoms with van der Waals surface area (Å²) >= 11 is 0. The molecule has 0 bridgehead atoms. The van der Waals surface area contributed by atoms with E-state index in [2.05, 4.69) is 20.9 Å². The molecule has 0 saturated carbocycles.